The van der Waals surface area contributed by atoms with Gasteiger partial charge in [0, 0.05) is 24.8 Å². The van der Waals surface area contributed by atoms with E-state index in [4.69, 9.17) is 10.00 Å². The van der Waals surface area contributed by atoms with Crippen LogP contribution in [-0.4, -0.2) is 98.4 Å². The van der Waals surface area contributed by atoms with E-state index in [1.807, 2.05) is 0 Å². The van der Waals surface area contributed by atoms with Gasteiger partial charge in [-0.2, -0.15) is 5.26 Å². The molecule has 0 bridgehead atoms. The highest BCUT2D eigenvalue weighted by Crippen LogP contribution is 2.40. The average molecular weight is 585 g/mol. The standard InChI is InChI=1S/C25H24N6O9S/c1-13(32)40-11-15-12-41-22-18(21(35)31(22)19(15)23(36)37)27-20(34)17(14-5-3-2-4-6-14)28-24(38)30-10-9-29(25(30)39)16(33)7-8-26/h2-6,17-18,22H,7,9-12H2,1H3,(H,27,34)(H,28,38)(H,36,37)/t17?,18?,22-/m0/s1. The molecule has 0 aromatic heterocycles. The van der Waals surface area contributed by atoms with Gasteiger partial charge in [-0.25, -0.2) is 19.3 Å². The summed E-state index contributed by atoms with van der Waals surface area (Å²) in [6.07, 6.45) is -0.536. The third-order valence-electron chi connectivity index (χ3n) is 6.45. The van der Waals surface area contributed by atoms with E-state index in [1.54, 1.807) is 36.4 Å². The van der Waals surface area contributed by atoms with Crippen LogP contribution in [0.3, 0.4) is 0 Å². The van der Waals surface area contributed by atoms with Crippen molar-refractivity contribution in [2.75, 3.05) is 25.4 Å². The largest absolute Gasteiger partial charge is 0.477 e. The van der Waals surface area contributed by atoms with Gasteiger partial charge in [0.1, 0.15) is 36.2 Å². The van der Waals surface area contributed by atoms with E-state index < -0.39 is 65.6 Å². The number of thioether (sulfide) groups is 1. The first-order valence-electron chi connectivity index (χ1n) is 12.2. The highest BCUT2D eigenvalue weighted by molar-refractivity contribution is 8.00. The molecule has 16 heteroatoms. The molecule has 0 radical (unpaired) electrons. The summed E-state index contributed by atoms with van der Waals surface area (Å²) < 4.78 is 4.91. The van der Waals surface area contributed by atoms with Crippen LogP contribution in [0.2, 0.25) is 0 Å². The number of rotatable bonds is 8. The number of amides is 7. The van der Waals surface area contributed by atoms with Gasteiger partial charge in [-0.3, -0.25) is 29.0 Å². The van der Waals surface area contributed by atoms with Crippen molar-refractivity contribution in [2.24, 2.45) is 0 Å². The zero-order valence-corrected chi connectivity index (χ0v) is 22.4. The molecule has 41 heavy (non-hydrogen) atoms. The van der Waals surface area contributed by atoms with E-state index in [0.29, 0.717) is 5.56 Å². The Morgan fingerprint density at radius 3 is 2.46 bits per heavy atom. The molecule has 3 aliphatic rings. The van der Waals surface area contributed by atoms with Crippen molar-refractivity contribution in [3.05, 3.63) is 47.2 Å². The number of imide groups is 2. The Morgan fingerprint density at radius 1 is 1.15 bits per heavy atom. The topological polar surface area (TPSA) is 207 Å². The SMILES string of the molecule is CC(=O)OCC1=C(C(=O)O)N2C(=O)C(NC(=O)C(NC(=O)N3CCN(C(=O)CC#N)C3=O)c3ccccc3)[C@@H]2SC1. The molecule has 3 heterocycles. The molecule has 0 saturated carbocycles. The molecule has 2 saturated heterocycles. The predicted octanol–water partition coefficient (Wildman–Crippen LogP) is -0.0831. The zero-order chi connectivity index (χ0) is 29.8. The fourth-order valence-electron chi connectivity index (χ4n) is 4.49. The minimum absolute atomic E-state index is 0.112. The first-order chi connectivity index (χ1) is 19.5. The number of hydrogen-bond acceptors (Lipinski definition) is 10. The molecule has 0 spiro atoms. The number of esters is 1. The average Bonchev–Trinajstić information content (AvgIpc) is 3.34. The molecular weight excluding hydrogens is 560 g/mol. The molecule has 7 amide bonds. The van der Waals surface area contributed by atoms with Gasteiger partial charge in [-0.15, -0.1) is 11.8 Å². The number of ether oxygens (including phenoxy) is 1. The highest BCUT2D eigenvalue weighted by atomic mass is 32.2. The van der Waals surface area contributed by atoms with Gasteiger partial charge in [0.25, 0.3) is 5.91 Å². The predicted molar refractivity (Wildman–Crippen MR) is 138 cm³/mol. The van der Waals surface area contributed by atoms with Crippen LogP contribution >= 0.6 is 11.8 Å². The van der Waals surface area contributed by atoms with Crippen LogP contribution in [0, 0.1) is 11.3 Å². The summed E-state index contributed by atoms with van der Waals surface area (Å²) >= 11 is 1.17. The van der Waals surface area contributed by atoms with Gasteiger partial charge < -0.3 is 20.5 Å². The molecule has 214 valence electrons. The summed E-state index contributed by atoms with van der Waals surface area (Å²) in [5.41, 5.74) is 0.248. The number of carbonyl (C=O) groups excluding carboxylic acids is 6. The van der Waals surface area contributed by atoms with Crippen molar-refractivity contribution < 1.29 is 43.4 Å². The number of urea groups is 2. The summed E-state index contributed by atoms with van der Waals surface area (Å²) in [5.74, 6) is -4.11. The van der Waals surface area contributed by atoms with E-state index in [1.165, 1.54) is 18.7 Å². The lowest BCUT2D eigenvalue weighted by molar-refractivity contribution is -0.151. The molecule has 15 nitrogen and oxygen atoms in total. The molecule has 3 aliphatic heterocycles. The Bertz CT molecular complexity index is 1390. The number of benzene rings is 1. The van der Waals surface area contributed by atoms with Crippen molar-refractivity contribution in [1.29, 1.82) is 5.26 Å². The number of fused-ring (bicyclic) bond motifs is 1. The highest BCUT2D eigenvalue weighted by Gasteiger charge is 2.54. The monoisotopic (exact) mass is 584 g/mol. The molecule has 3 N–H and O–H groups in total. The number of β-lactam (4-membered cyclic amide) rings is 1. The summed E-state index contributed by atoms with van der Waals surface area (Å²) in [5, 5.41) is 22.7. The fraction of sp³-hybridized carbons (Fsp3) is 0.360. The van der Waals surface area contributed by atoms with Gasteiger partial charge in [0.15, 0.2) is 0 Å². The van der Waals surface area contributed by atoms with Gasteiger partial charge in [-0.05, 0) is 5.56 Å². The van der Waals surface area contributed by atoms with E-state index >= 15 is 0 Å². The van der Waals surface area contributed by atoms with Crippen LogP contribution < -0.4 is 10.6 Å². The van der Waals surface area contributed by atoms with Crippen LogP contribution in [0.5, 0.6) is 0 Å². The van der Waals surface area contributed by atoms with Gasteiger partial charge in [-0.1, -0.05) is 30.3 Å². The smallest absolute Gasteiger partial charge is 0.352 e. The molecule has 0 aliphatic carbocycles. The Morgan fingerprint density at radius 2 is 1.83 bits per heavy atom. The summed E-state index contributed by atoms with van der Waals surface area (Å²) in [4.78, 5) is 89.7. The van der Waals surface area contributed by atoms with Crippen LogP contribution in [-0.2, 0) is 28.7 Å². The van der Waals surface area contributed by atoms with E-state index in [2.05, 4.69) is 10.6 Å². The first-order valence-corrected chi connectivity index (χ1v) is 13.3. The second kappa shape index (κ2) is 12.1. The van der Waals surface area contributed by atoms with Gasteiger partial charge >= 0.3 is 24.0 Å². The van der Waals surface area contributed by atoms with Crippen molar-refractivity contribution in [3.63, 3.8) is 0 Å². The van der Waals surface area contributed by atoms with E-state index in [0.717, 1.165) is 14.7 Å². The number of aliphatic carboxylic acids is 1. The maximum atomic E-state index is 13.4. The normalized spacial score (nSPS) is 20.4. The molecule has 4 rings (SSSR count). The lowest BCUT2D eigenvalue weighted by Crippen LogP contribution is -2.71. The molecule has 1 aromatic rings. The van der Waals surface area contributed by atoms with E-state index in [-0.39, 0.29) is 36.7 Å². The number of nitrogens with one attached hydrogen (secondary N) is 2. The fourth-order valence-corrected chi connectivity index (χ4v) is 5.81. The van der Waals surface area contributed by atoms with Gasteiger partial charge in [0.2, 0.25) is 11.8 Å². The van der Waals surface area contributed by atoms with E-state index in [9.17, 15) is 38.7 Å². The van der Waals surface area contributed by atoms with Crippen molar-refractivity contribution in [3.8, 4) is 6.07 Å². The van der Waals surface area contributed by atoms with Crippen LogP contribution in [0.15, 0.2) is 41.6 Å². The number of carboxylic acid groups (broad SMARTS) is 1. The summed E-state index contributed by atoms with van der Waals surface area (Å²) in [6, 6.07) is 5.30. The second-order valence-corrected chi connectivity index (χ2v) is 10.1. The summed E-state index contributed by atoms with van der Waals surface area (Å²) in [6.45, 7) is 0.610. The maximum absolute atomic E-state index is 13.4. The van der Waals surface area contributed by atoms with Crippen LogP contribution in [0.1, 0.15) is 24.9 Å². The molecular formula is C25H24N6O9S. The first kappa shape index (κ1) is 29.1. The molecule has 1 aromatic carbocycles. The van der Waals surface area contributed by atoms with Crippen molar-refractivity contribution >= 4 is 53.5 Å². The quantitative estimate of drug-likeness (QED) is 0.272. The Kier molecular flexibility index (Phi) is 8.57. The van der Waals surface area contributed by atoms with Crippen LogP contribution in [0.25, 0.3) is 0 Å². The second-order valence-electron chi connectivity index (χ2n) is 9.04. The molecule has 2 fully saturated rings. The third-order valence-corrected chi connectivity index (χ3v) is 7.79. The number of nitrogens with zero attached hydrogens (tertiary/aromatic N) is 4. The molecule has 3 atom stereocenters. The van der Waals surface area contributed by atoms with Crippen molar-refractivity contribution in [2.45, 2.75) is 30.8 Å². The minimum Gasteiger partial charge on any atom is -0.477 e. The van der Waals surface area contributed by atoms with Gasteiger partial charge in [0.05, 0.1) is 12.6 Å². The zero-order valence-electron chi connectivity index (χ0n) is 21.6. The molecule has 2 unspecified atom stereocenters. The Labute approximate surface area is 237 Å². The lowest BCUT2D eigenvalue weighted by Gasteiger charge is -2.49. The number of nitriles is 1. The summed E-state index contributed by atoms with van der Waals surface area (Å²) in [7, 11) is 0. The Balaban J connectivity index is 1.49. The number of carboxylic acids is 1. The Hall–Kier alpha value is -4.91. The maximum Gasteiger partial charge on any atom is 0.352 e. The van der Waals surface area contributed by atoms with Crippen LogP contribution in [0.4, 0.5) is 9.59 Å². The lowest BCUT2D eigenvalue weighted by atomic mass is 10.0. The minimum atomic E-state index is -1.39. The number of hydrogen-bond donors (Lipinski definition) is 3. The number of carbonyl (C=O) groups is 7. The third kappa shape index (κ3) is 5.84. The van der Waals surface area contributed by atoms with Crippen molar-refractivity contribution in [1.82, 2.24) is 25.3 Å².